The first-order chi connectivity index (χ1) is 16.4. The third kappa shape index (κ3) is 4.85. The summed E-state index contributed by atoms with van der Waals surface area (Å²) in [4.78, 5) is 0. The number of ether oxygens (including phenoxy) is 1. The molecule has 1 heterocycles. The molecule has 6 rings (SSSR count). The Kier molecular flexibility index (Phi) is 6.53. The van der Waals surface area contributed by atoms with Crippen LogP contribution in [0, 0.1) is 0 Å². The molecule has 3 aliphatic rings. The standard InChI is InChI=1S/C25H22O.C6H7N/c1-2-7-18(8-3-1)17-26-24-12-6-10-20-14-15-22-21-11-5-4-9-19(21)13-16-23(22)25(20)24;1-2-4-6-7-5-3-1/h1-3,6-8,10-13,15-16H,4-5,9,14,17H2;1-7H. The third-order valence-electron chi connectivity index (χ3n) is 6.24. The highest BCUT2D eigenvalue weighted by Gasteiger charge is 2.18. The van der Waals surface area contributed by atoms with E-state index in [2.05, 4.69) is 72.1 Å². The molecule has 0 saturated carbocycles. The Morgan fingerprint density at radius 1 is 0.727 bits per heavy atom. The molecule has 0 radical (unpaired) electrons. The smallest absolute Gasteiger partial charge is 0.127 e. The topological polar surface area (TPSA) is 21.3 Å². The summed E-state index contributed by atoms with van der Waals surface area (Å²) in [5.41, 5.74) is 6.66. The van der Waals surface area contributed by atoms with Crippen LogP contribution < -0.4 is 20.5 Å². The van der Waals surface area contributed by atoms with Gasteiger partial charge in [-0.15, -0.1) is 0 Å². The quantitative estimate of drug-likeness (QED) is 0.586. The molecule has 0 amide bonds. The van der Waals surface area contributed by atoms with E-state index in [1.807, 2.05) is 42.8 Å². The van der Waals surface area contributed by atoms with E-state index in [1.54, 1.807) is 0 Å². The van der Waals surface area contributed by atoms with Crippen molar-refractivity contribution in [3.8, 4) is 16.9 Å². The van der Waals surface area contributed by atoms with E-state index < -0.39 is 0 Å². The van der Waals surface area contributed by atoms with Crippen LogP contribution in [0.4, 0.5) is 0 Å². The molecule has 0 spiro atoms. The zero-order chi connectivity index (χ0) is 22.3. The van der Waals surface area contributed by atoms with Gasteiger partial charge in [-0.1, -0.05) is 78.9 Å². The van der Waals surface area contributed by atoms with Gasteiger partial charge >= 0.3 is 0 Å². The lowest BCUT2D eigenvalue weighted by Crippen LogP contribution is -2.34. The van der Waals surface area contributed by atoms with E-state index >= 15 is 0 Å². The van der Waals surface area contributed by atoms with Gasteiger partial charge in [0.15, 0.2) is 0 Å². The van der Waals surface area contributed by atoms with Crippen molar-refractivity contribution >= 4 is 12.2 Å². The predicted octanol–water partition coefficient (Wildman–Crippen LogP) is 5.56. The Morgan fingerprint density at radius 2 is 1.58 bits per heavy atom. The van der Waals surface area contributed by atoms with Crippen molar-refractivity contribution in [3.63, 3.8) is 0 Å². The third-order valence-corrected chi connectivity index (χ3v) is 6.24. The van der Waals surface area contributed by atoms with Crippen molar-refractivity contribution in [2.75, 3.05) is 0 Å². The minimum absolute atomic E-state index is 0.605. The fraction of sp³-hybridized carbons (Fsp3) is 0.161. The summed E-state index contributed by atoms with van der Waals surface area (Å²) in [6.45, 7) is 0.605. The lowest BCUT2D eigenvalue weighted by atomic mass is 9.86. The van der Waals surface area contributed by atoms with Crippen LogP contribution in [0.1, 0.15) is 29.5 Å². The number of allylic oxidation sites excluding steroid dienone is 4. The molecule has 33 heavy (non-hydrogen) atoms. The van der Waals surface area contributed by atoms with Gasteiger partial charge in [0.2, 0.25) is 0 Å². The number of fused-ring (bicyclic) bond motifs is 5. The highest BCUT2D eigenvalue weighted by molar-refractivity contribution is 5.79. The molecule has 0 bridgehead atoms. The van der Waals surface area contributed by atoms with E-state index in [9.17, 15) is 0 Å². The van der Waals surface area contributed by atoms with Gasteiger partial charge in [0.1, 0.15) is 12.4 Å². The number of hydrogen-bond acceptors (Lipinski definition) is 2. The molecule has 1 aliphatic heterocycles. The second-order valence-electron chi connectivity index (χ2n) is 8.44. The second kappa shape index (κ2) is 10.2. The van der Waals surface area contributed by atoms with E-state index in [-0.39, 0.29) is 0 Å². The molecule has 0 atom stereocenters. The van der Waals surface area contributed by atoms with E-state index in [0.717, 1.165) is 12.2 Å². The zero-order valence-corrected chi connectivity index (χ0v) is 18.8. The molecule has 0 unspecified atom stereocenters. The summed E-state index contributed by atoms with van der Waals surface area (Å²) in [6, 6.07) is 21.5. The largest absolute Gasteiger partial charge is 0.488 e. The van der Waals surface area contributed by atoms with Crippen LogP contribution in [0.15, 0.2) is 97.4 Å². The monoisotopic (exact) mass is 431 g/mol. The number of aryl methyl sites for hydroxylation is 1. The van der Waals surface area contributed by atoms with Crippen LogP contribution >= 0.6 is 0 Å². The molecule has 2 nitrogen and oxygen atoms in total. The summed E-state index contributed by atoms with van der Waals surface area (Å²) in [6.07, 6.45) is 21.0. The Balaban J connectivity index is 0.000000281. The van der Waals surface area contributed by atoms with Crippen molar-refractivity contribution in [2.24, 2.45) is 0 Å². The fourth-order valence-corrected chi connectivity index (χ4v) is 4.64. The van der Waals surface area contributed by atoms with E-state index in [0.29, 0.717) is 6.61 Å². The first-order valence-electron chi connectivity index (χ1n) is 11.8. The molecule has 0 aromatic heterocycles. The summed E-state index contributed by atoms with van der Waals surface area (Å²) < 4.78 is 6.27. The molecule has 2 aliphatic carbocycles. The van der Waals surface area contributed by atoms with Gasteiger partial charge in [0, 0.05) is 18.0 Å². The van der Waals surface area contributed by atoms with E-state index in [1.165, 1.54) is 57.5 Å². The molecular weight excluding hydrogens is 402 g/mol. The highest BCUT2D eigenvalue weighted by Crippen LogP contribution is 2.34. The molecule has 3 aromatic rings. The van der Waals surface area contributed by atoms with Gasteiger partial charge in [-0.05, 0) is 76.6 Å². The van der Waals surface area contributed by atoms with Gasteiger partial charge in [-0.25, -0.2) is 0 Å². The Hall–Kier alpha value is -3.78. The van der Waals surface area contributed by atoms with Gasteiger partial charge in [-0.2, -0.15) is 0 Å². The van der Waals surface area contributed by atoms with Crippen molar-refractivity contribution < 1.29 is 4.74 Å². The van der Waals surface area contributed by atoms with Gasteiger partial charge < -0.3 is 10.1 Å². The summed E-state index contributed by atoms with van der Waals surface area (Å²) in [7, 11) is 0. The zero-order valence-electron chi connectivity index (χ0n) is 18.8. The van der Waals surface area contributed by atoms with Crippen LogP contribution in [-0.4, -0.2) is 0 Å². The Morgan fingerprint density at radius 3 is 2.42 bits per heavy atom. The second-order valence-corrected chi connectivity index (χ2v) is 8.44. The van der Waals surface area contributed by atoms with E-state index in [4.69, 9.17) is 4.74 Å². The number of benzene rings is 3. The predicted molar refractivity (Wildman–Crippen MR) is 138 cm³/mol. The van der Waals surface area contributed by atoms with Crippen LogP contribution in [0.2, 0.25) is 0 Å². The lowest BCUT2D eigenvalue weighted by Gasteiger charge is -2.21. The molecule has 2 heteroatoms. The molecule has 0 fully saturated rings. The average Bonchev–Trinajstić information content (AvgIpc) is 3.21. The maximum Gasteiger partial charge on any atom is 0.127 e. The summed E-state index contributed by atoms with van der Waals surface area (Å²) in [5.74, 6) is 0.997. The van der Waals surface area contributed by atoms with Gasteiger partial charge in [-0.3, -0.25) is 0 Å². The van der Waals surface area contributed by atoms with Crippen LogP contribution in [0.3, 0.4) is 0 Å². The molecule has 0 saturated heterocycles. The maximum absolute atomic E-state index is 6.27. The number of nitrogens with one attached hydrogen (secondary N) is 1. The highest BCUT2D eigenvalue weighted by atomic mass is 16.5. The SMILES string of the molecule is C1=CC=CNC=C1.C1=c2c(ccc3c2=CCc2cccc(OCc4ccccc4)c2-3)CCC1. The van der Waals surface area contributed by atoms with Crippen molar-refractivity contribution in [1.29, 1.82) is 0 Å². The van der Waals surface area contributed by atoms with Crippen LogP contribution in [-0.2, 0) is 19.4 Å². The van der Waals surface area contributed by atoms with Gasteiger partial charge in [0.25, 0.3) is 0 Å². The Labute approximate surface area is 195 Å². The summed E-state index contributed by atoms with van der Waals surface area (Å²) >= 11 is 0. The molecule has 3 aromatic carbocycles. The maximum atomic E-state index is 6.27. The first-order valence-corrected chi connectivity index (χ1v) is 11.8. The molecule has 164 valence electrons. The van der Waals surface area contributed by atoms with Crippen LogP contribution in [0.5, 0.6) is 5.75 Å². The van der Waals surface area contributed by atoms with Crippen molar-refractivity contribution in [1.82, 2.24) is 5.32 Å². The van der Waals surface area contributed by atoms with Crippen LogP contribution in [0.25, 0.3) is 23.3 Å². The average molecular weight is 432 g/mol. The minimum Gasteiger partial charge on any atom is -0.488 e. The normalized spacial score (nSPS) is 14.7. The number of hydrogen-bond donors (Lipinski definition) is 1. The number of rotatable bonds is 3. The van der Waals surface area contributed by atoms with Crippen molar-refractivity contribution in [3.05, 3.63) is 124 Å². The van der Waals surface area contributed by atoms with Crippen molar-refractivity contribution in [2.45, 2.75) is 32.3 Å². The minimum atomic E-state index is 0.605. The lowest BCUT2D eigenvalue weighted by molar-refractivity contribution is 0.307. The Bertz CT molecular complexity index is 1320. The summed E-state index contributed by atoms with van der Waals surface area (Å²) in [5, 5.41) is 5.79. The van der Waals surface area contributed by atoms with Gasteiger partial charge in [0.05, 0.1) is 0 Å². The molecular formula is C31H29NO. The fourth-order valence-electron chi connectivity index (χ4n) is 4.64. The molecule has 1 N–H and O–H groups in total. The first kappa shape index (κ1) is 21.1.